The van der Waals surface area contributed by atoms with E-state index in [1.165, 1.54) is 7.05 Å². The first kappa shape index (κ1) is 19.7. The van der Waals surface area contributed by atoms with Gasteiger partial charge in [-0.25, -0.2) is 39.4 Å². The highest BCUT2D eigenvalue weighted by molar-refractivity contribution is 7.93. The van der Waals surface area contributed by atoms with Crippen LogP contribution in [0, 0.1) is 0 Å². The second-order valence-electron chi connectivity index (χ2n) is 3.96. The molecule has 0 fully saturated rings. The van der Waals surface area contributed by atoms with E-state index in [1.807, 2.05) is 9.44 Å². The standard InChI is InChI=1S/C8H21N3O6S3/c1-4-11-20(16,17)8(7-19(14,15)10-3)5-6-18(12,13)9-2/h8-11H,4-7H2,1-3H3. The highest BCUT2D eigenvalue weighted by Gasteiger charge is 2.30. The fraction of sp³-hybridized carbons (Fsp3) is 1.00. The van der Waals surface area contributed by atoms with Crippen molar-refractivity contribution in [2.45, 2.75) is 18.6 Å². The van der Waals surface area contributed by atoms with Crippen LogP contribution in [0.1, 0.15) is 13.3 Å². The van der Waals surface area contributed by atoms with E-state index in [4.69, 9.17) is 0 Å². The van der Waals surface area contributed by atoms with Crippen molar-refractivity contribution in [2.24, 2.45) is 0 Å². The molecule has 0 aromatic heterocycles. The van der Waals surface area contributed by atoms with E-state index in [0.29, 0.717) is 0 Å². The lowest BCUT2D eigenvalue weighted by Crippen LogP contribution is -2.42. The lowest BCUT2D eigenvalue weighted by atomic mass is 10.4. The summed E-state index contributed by atoms with van der Waals surface area (Å²) in [5.41, 5.74) is 0. The van der Waals surface area contributed by atoms with E-state index in [1.54, 1.807) is 6.92 Å². The van der Waals surface area contributed by atoms with Gasteiger partial charge >= 0.3 is 0 Å². The maximum Gasteiger partial charge on any atom is 0.215 e. The van der Waals surface area contributed by atoms with Crippen LogP contribution in [0.5, 0.6) is 0 Å². The van der Waals surface area contributed by atoms with Crippen molar-refractivity contribution in [3.05, 3.63) is 0 Å². The topological polar surface area (TPSA) is 139 Å². The molecular weight excluding hydrogens is 330 g/mol. The summed E-state index contributed by atoms with van der Waals surface area (Å²) >= 11 is 0. The Labute approximate surface area is 120 Å². The van der Waals surface area contributed by atoms with Crippen molar-refractivity contribution in [1.82, 2.24) is 14.2 Å². The molecule has 0 rings (SSSR count). The normalized spacial score (nSPS) is 15.2. The van der Waals surface area contributed by atoms with Gasteiger partial charge < -0.3 is 0 Å². The van der Waals surface area contributed by atoms with Crippen LogP contribution in [-0.4, -0.2) is 62.6 Å². The Bertz CT molecular complexity index is 595. The van der Waals surface area contributed by atoms with Crippen LogP contribution < -0.4 is 14.2 Å². The van der Waals surface area contributed by atoms with Gasteiger partial charge in [0.1, 0.15) is 0 Å². The van der Waals surface area contributed by atoms with E-state index in [9.17, 15) is 25.3 Å². The molecule has 3 N–H and O–H groups in total. The molecular formula is C8H21N3O6S3. The van der Waals surface area contributed by atoms with Gasteiger partial charge in [0.05, 0.1) is 16.8 Å². The van der Waals surface area contributed by atoms with Crippen molar-refractivity contribution in [2.75, 3.05) is 32.1 Å². The van der Waals surface area contributed by atoms with Crippen molar-refractivity contribution in [3.8, 4) is 0 Å². The molecule has 9 nitrogen and oxygen atoms in total. The van der Waals surface area contributed by atoms with Crippen LogP contribution in [-0.2, 0) is 30.1 Å². The van der Waals surface area contributed by atoms with Crippen molar-refractivity contribution in [1.29, 1.82) is 0 Å². The Morgan fingerprint density at radius 3 is 1.80 bits per heavy atom. The maximum atomic E-state index is 11.9. The smallest absolute Gasteiger partial charge is 0.215 e. The summed E-state index contributed by atoms with van der Waals surface area (Å²) in [5, 5.41) is -1.34. The van der Waals surface area contributed by atoms with Crippen molar-refractivity contribution in [3.63, 3.8) is 0 Å². The van der Waals surface area contributed by atoms with Crippen molar-refractivity contribution >= 4 is 30.1 Å². The summed E-state index contributed by atoms with van der Waals surface area (Å²) < 4.78 is 75.7. The second kappa shape index (κ2) is 7.66. The molecule has 0 spiro atoms. The Kier molecular flexibility index (Phi) is 7.55. The zero-order valence-electron chi connectivity index (χ0n) is 11.6. The third kappa shape index (κ3) is 6.95. The van der Waals surface area contributed by atoms with Crippen LogP contribution in [0.2, 0.25) is 0 Å². The Hall–Kier alpha value is -0.270. The number of nitrogens with one attached hydrogen (secondary N) is 3. The van der Waals surface area contributed by atoms with Crippen LogP contribution in [0.4, 0.5) is 0 Å². The maximum absolute atomic E-state index is 11.9. The van der Waals surface area contributed by atoms with E-state index in [-0.39, 0.29) is 13.0 Å². The lowest BCUT2D eigenvalue weighted by molar-refractivity contribution is 0.555. The van der Waals surface area contributed by atoms with Crippen LogP contribution in [0.3, 0.4) is 0 Å². The zero-order valence-corrected chi connectivity index (χ0v) is 14.0. The van der Waals surface area contributed by atoms with Gasteiger partial charge in [-0.2, -0.15) is 0 Å². The number of hydrogen-bond donors (Lipinski definition) is 3. The first-order chi connectivity index (χ1) is 8.99. The first-order valence-corrected chi connectivity index (χ1v) is 10.7. The van der Waals surface area contributed by atoms with Gasteiger partial charge in [0.2, 0.25) is 30.1 Å². The van der Waals surface area contributed by atoms with Crippen molar-refractivity contribution < 1.29 is 25.3 Å². The highest BCUT2D eigenvalue weighted by atomic mass is 32.2. The van der Waals surface area contributed by atoms with E-state index in [0.717, 1.165) is 7.05 Å². The molecule has 0 aromatic rings. The molecule has 0 saturated carbocycles. The second-order valence-corrected chi connectivity index (χ2v) is 10.0. The Morgan fingerprint density at radius 1 is 0.900 bits per heavy atom. The molecule has 1 unspecified atom stereocenters. The molecule has 0 saturated heterocycles. The van der Waals surface area contributed by atoms with Gasteiger partial charge in [-0.05, 0) is 20.5 Å². The number of rotatable bonds is 10. The summed E-state index contributed by atoms with van der Waals surface area (Å²) in [5.74, 6) is -1.17. The summed E-state index contributed by atoms with van der Waals surface area (Å²) in [6.45, 7) is 1.64. The van der Waals surface area contributed by atoms with Gasteiger partial charge in [0, 0.05) is 6.54 Å². The molecule has 0 aliphatic carbocycles. The summed E-state index contributed by atoms with van der Waals surface area (Å²) in [7, 11) is -8.93. The van der Waals surface area contributed by atoms with Crippen LogP contribution in [0.25, 0.3) is 0 Å². The SMILES string of the molecule is CCNS(=O)(=O)C(CCS(=O)(=O)NC)CS(=O)(=O)NC. The lowest BCUT2D eigenvalue weighted by Gasteiger charge is -2.17. The largest absolute Gasteiger partial charge is 0.218 e. The minimum atomic E-state index is -3.91. The highest BCUT2D eigenvalue weighted by Crippen LogP contribution is 2.09. The molecule has 12 heteroatoms. The van der Waals surface area contributed by atoms with Gasteiger partial charge in [0.15, 0.2) is 0 Å². The Morgan fingerprint density at radius 2 is 1.40 bits per heavy atom. The van der Waals surface area contributed by atoms with Gasteiger partial charge in [-0.1, -0.05) is 6.92 Å². The monoisotopic (exact) mass is 351 g/mol. The molecule has 0 aliphatic rings. The third-order valence-corrected chi connectivity index (χ3v) is 7.56. The third-order valence-electron chi connectivity index (χ3n) is 2.52. The molecule has 0 bridgehead atoms. The van der Waals surface area contributed by atoms with Gasteiger partial charge in [-0.3, -0.25) is 0 Å². The molecule has 122 valence electrons. The van der Waals surface area contributed by atoms with Gasteiger partial charge in [0.25, 0.3) is 0 Å². The minimum absolute atomic E-state index is 0.0945. The first-order valence-electron chi connectivity index (χ1n) is 5.80. The fourth-order valence-electron chi connectivity index (χ4n) is 1.36. The average Bonchev–Trinajstić information content (AvgIpc) is 2.34. The predicted octanol–water partition coefficient (Wildman–Crippen LogP) is -2.22. The molecule has 1 atom stereocenters. The fourth-order valence-corrected chi connectivity index (χ4v) is 5.46. The zero-order chi connectivity index (χ0) is 16.0. The van der Waals surface area contributed by atoms with Gasteiger partial charge in [-0.15, -0.1) is 0 Å². The molecule has 0 aliphatic heterocycles. The molecule has 0 amide bonds. The average molecular weight is 351 g/mol. The molecule has 0 heterocycles. The van der Waals surface area contributed by atoms with Crippen LogP contribution in [0.15, 0.2) is 0 Å². The molecule has 20 heavy (non-hydrogen) atoms. The number of sulfonamides is 3. The van der Waals surface area contributed by atoms with E-state index in [2.05, 4.69) is 4.72 Å². The molecule has 0 radical (unpaired) electrons. The quantitative estimate of drug-likeness (QED) is 0.408. The Balaban J connectivity index is 5.19. The number of hydrogen-bond acceptors (Lipinski definition) is 6. The minimum Gasteiger partial charge on any atom is -0.218 e. The van der Waals surface area contributed by atoms with E-state index < -0.39 is 46.8 Å². The van der Waals surface area contributed by atoms with Crippen LogP contribution >= 0.6 is 0 Å². The summed E-state index contributed by atoms with van der Waals surface area (Å²) in [4.78, 5) is 0. The summed E-state index contributed by atoms with van der Waals surface area (Å²) in [6, 6.07) is 0. The molecule has 0 aromatic carbocycles. The summed E-state index contributed by atoms with van der Waals surface area (Å²) in [6.07, 6.45) is -0.320. The predicted molar refractivity (Wildman–Crippen MR) is 76.7 cm³/mol. The van der Waals surface area contributed by atoms with E-state index >= 15 is 0 Å².